The molecule has 0 saturated carbocycles. The monoisotopic (exact) mass is 313 g/mol. The van der Waals surface area contributed by atoms with Crippen molar-refractivity contribution in [2.24, 2.45) is 10.7 Å². The molecule has 0 aromatic heterocycles. The Hall–Kier alpha value is -2.69. The third kappa shape index (κ3) is 5.54. The third-order valence-electron chi connectivity index (χ3n) is 3.15. The number of aliphatic imine (C=N–C) groups is 1. The highest BCUT2D eigenvalue weighted by Gasteiger charge is 1.99. The van der Waals surface area contributed by atoms with Crippen molar-refractivity contribution in [2.75, 3.05) is 19.0 Å². The summed E-state index contributed by atoms with van der Waals surface area (Å²) < 4.78 is 10.8. The predicted octanol–water partition coefficient (Wildman–Crippen LogP) is 3.41. The number of anilines is 1. The van der Waals surface area contributed by atoms with Gasteiger partial charge >= 0.3 is 0 Å². The smallest absolute Gasteiger partial charge is 0.193 e. The van der Waals surface area contributed by atoms with E-state index in [0.717, 1.165) is 29.2 Å². The van der Waals surface area contributed by atoms with E-state index in [9.17, 15) is 0 Å². The topological polar surface area (TPSA) is 68.9 Å². The lowest BCUT2D eigenvalue weighted by Gasteiger charge is -2.08. The summed E-state index contributed by atoms with van der Waals surface area (Å²) in [6.45, 7) is 3.29. The fourth-order valence-electron chi connectivity index (χ4n) is 2.02. The standard InChI is InChI=1S/C18H23N3O2/c1-3-10-23-17-9-4-6-14(11-17)13-20-18(19)21-15-7-5-8-16(12-15)22-2/h4-9,11-12H,3,10,13H2,1-2H3,(H3,19,20,21). The zero-order valence-electron chi connectivity index (χ0n) is 13.6. The normalized spacial score (nSPS) is 11.1. The van der Waals surface area contributed by atoms with Crippen LogP contribution in [0.5, 0.6) is 11.5 Å². The molecule has 5 nitrogen and oxygen atoms in total. The van der Waals surface area contributed by atoms with E-state index in [1.165, 1.54) is 0 Å². The first kappa shape index (κ1) is 16.7. The average molecular weight is 313 g/mol. The fourth-order valence-corrected chi connectivity index (χ4v) is 2.02. The minimum absolute atomic E-state index is 0.359. The summed E-state index contributed by atoms with van der Waals surface area (Å²) in [4.78, 5) is 4.35. The van der Waals surface area contributed by atoms with Crippen LogP contribution in [-0.2, 0) is 6.54 Å². The predicted molar refractivity (Wildman–Crippen MR) is 94.2 cm³/mol. The highest BCUT2D eigenvalue weighted by molar-refractivity contribution is 5.92. The van der Waals surface area contributed by atoms with Gasteiger partial charge in [-0.2, -0.15) is 0 Å². The second kappa shape index (κ2) is 8.68. The highest BCUT2D eigenvalue weighted by atomic mass is 16.5. The van der Waals surface area contributed by atoms with Crippen molar-refractivity contribution in [3.05, 3.63) is 54.1 Å². The van der Waals surface area contributed by atoms with Crippen LogP contribution in [0.1, 0.15) is 18.9 Å². The number of nitrogens with one attached hydrogen (secondary N) is 1. The van der Waals surface area contributed by atoms with Gasteiger partial charge in [-0.05, 0) is 36.2 Å². The average Bonchev–Trinajstić information content (AvgIpc) is 2.58. The summed E-state index contributed by atoms with van der Waals surface area (Å²) in [6.07, 6.45) is 0.986. The Labute approximate surface area is 137 Å². The van der Waals surface area contributed by atoms with Gasteiger partial charge in [-0.15, -0.1) is 0 Å². The zero-order chi connectivity index (χ0) is 16.5. The van der Waals surface area contributed by atoms with Gasteiger partial charge in [-0.3, -0.25) is 0 Å². The Morgan fingerprint density at radius 1 is 1.13 bits per heavy atom. The van der Waals surface area contributed by atoms with E-state index < -0.39 is 0 Å². The van der Waals surface area contributed by atoms with E-state index in [2.05, 4.69) is 17.2 Å². The molecule has 0 amide bonds. The third-order valence-corrected chi connectivity index (χ3v) is 3.15. The van der Waals surface area contributed by atoms with Crippen LogP contribution >= 0.6 is 0 Å². The lowest BCUT2D eigenvalue weighted by Crippen LogP contribution is -2.22. The van der Waals surface area contributed by atoms with Crippen LogP contribution in [0.25, 0.3) is 0 Å². The lowest BCUT2D eigenvalue weighted by atomic mass is 10.2. The highest BCUT2D eigenvalue weighted by Crippen LogP contribution is 2.17. The summed E-state index contributed by atoms with van der Waals surface area (Å²) in [5.74, 6) is 1.99. The Kier molecular flexibility index (Phi) is 6.29. The molecule has 2 aromatic carbocycles. The Morgan fingerprint density at radius 3 is 2.70 bits per heavy atom. The van der Waals surface area contributed by atoms with Crippen LogP contribution in [0.2, 0.25) is 0 Å². The van der Waals surface area contributed by atoms with Gasteiger partial charge in [0.05, 0.1) is 20.3 Å². The second-order valence-corrected chi connectivity index (χ2v) is 5.05. The number of hydrogen-bond donors (Lipinski definition) is 2. The molecule has 2 aromatic rings. The summed E-state index contributed by atoms with van der Waals surface area (Å²) in [5, 5.41) is 3.05. The lowest BCUT2D eigenvalue weighted by molar-refractivity contribution is 0.317. The van der Waals surface area contributed by atoms with Gasteiger partial charge in [0, 0.05) is 11.8 Å². The van der Waals surface area contributed by atoms with Crippen molar-refractivity contribution in [1.29, 1.82) is 0 Å². The van der Waals surface area contributed by atoms with Crippen molar-refractivity contribution < 1.29 is 9.47 Å². The number of nitrogens with zero attached hydrogens (tertiary/aromatic N) is 1. The van der Waals surface area contributed by atoms with Crippen molar-refractivity contribution in [1.82, 2.24) is 0 Å². The van der Waals surface area contributed by atoms with Gasteiger partial charge in [0.15, 0.2) is 5.96 Å². The largest absolute Gasteiger partial charge is 0.497 e. The maximum Gasteiger partial charge on any atom is 0.193 e. The van der Waals surface area contributed by atoms with Crippen molar-refractivity contribution >= 4 is 11.6 Å². The van der Waals surface area contributed by atoms with Gasteiger partial charge in [0.2, 0.25) is 0 Å². The molecule has 0 bridgehead atoms. The molecule has 0 radical (unpaired) electrons. The van der Waals surface area contributed by atoms with Crippen molar-refractivity contribution in [3.8, 4) is 11.5 Å². The summed E-state index contributed by atoms with van der Waals surface area (Å²) in [6, 6.07) is 15.4. The fraction of sp³-hybridized carbons (Fsp3) is 0.278. The summed E-state index contributed by atoms with van der Waals surface area (Å²) >= 11 is 0. The van der Waals surface area contributed by atoms with Crippen molar-refractivity contribution in [2.45, 2.75) is 19.9 Å². The first-order chi connectivity index (χ1) is 11.2. The number of hydrogen-bond acceptors (Lipinski definition) is 3. The number of guanidine groups is 1. The van der Waals surface area contributed by atoms with E-state index >= 15 is 0 Å². The molecule has 0 unspecified atom stereocenters. The first-order valence-electron chi connectivity index (χ1n) is 7.64. The van der Waals surface area contributed by atoms with Gasteiger partial charge in [0.1, 0.15) is 11.5 Å². The molecule has 0 spiro atoms. The van der Waals surface area contributed by atoms with Crippen LogP contribution in [0.3, 0.4) is 0 Å². The Balaban J connectivity index is 1.96. The van der Waals surface area contributed by atoms with Crippen molar-refractivity contribution in [3.63, 3.8) is 0 Å². The van der Waals surface area contributed by atoms with E-state index in [0.29, 0.717) is 19.1 Å². The molecule has 0 atom stereocenters. The van der Waals surface area contributed by atoms with E-state index in [4.69, 9.17) is 15.2 Å². The second-order valence-electron chi connectivity index (χ2n) is 5.05. The first-order valence-corrected chi connectivity index (χ1v) is 7.64. The maximum atomic E-state index is 5.93. The number of benzene rings is 2. The van der Waals surface area contributed by atoms with E-state index in [-0.39, 0.29) is 0 Å². The van der Waals surface area contributed by atoms with Gasteiger partial charge in [-0.25, -0.2) is 4.99 Å². The maximum absolute atomic E-state index is 5.93. The number of ether oxygens (including phenoxy) is 2. The van der Waals surface area contributed by atoms with E-state index in [1.807, 2.05) is 48.5 Å². The molecule has 23 heavy (non-hydrogen) atoms. The summed E-state index contributed by atoms with van der Waals surface area (Å²) in [5.41, 5.74) is 7.82. The number of rotatable bonds is 7. The van der Waals surface area contributed by atoms with Gasteiger partial charge in [-0.1, -0.05) is 25.1 Å². The molecule has 0 aliphatic carbocycles. The quantitative estimate of drug-likeness (QED) is 0.607. The summed E-state index contributed by atoms with van der Waals surface area (Å²) in [7, 11) is 1.63. The van der Waals surface area contributed by atoms with Gasteiger partial charge < -0.3 is 20.5 Å². The molecule has 122 valence electrons. The zero-order valence-corrected chi connectivity index (χ0v) is 13.6. The van der Waals surface area contributed by atoms with Crippen LogP contribution < -0.4 is 20.5 Å². The van der Waals surface area contributed by atoms with Crippen LogP contribution in [0, 0.1) is 0 Å². The molecule has 0 saturated heterocycles. The van der Waals surface area contributed by atoms with Crippen LogP contribution in [0.4, 0.5) is 5.69 Å². The molecular weight excluding hydrogens is 290 g/mol. The minimum Gasteiger partial charge on any atom is -0.497 e. The van der Waals surface area contributed by atoms with Crippen LogP contribution in [-0.4, -0.2) is 19.7 Å². The molecule has 0 fully saturated rings. The molecule has 0 aliphatic rings. The number of methoxy groups -OCH3 is 1. The Bertz CT molecular complexity index is 656. The molecule has 5 heteroatoms. The van der Waals surface area contributed by atoms with Crippen LogP contribution in [0.15, 0.2) is 53.5 Å². The molecule has 0 heterocycles. The number of nitrogens with two attached hydrogens (primary N) is 1. The molecule has 3 N–H and O–H groups in total. The SMILES string of the molecule is CCCOc1cccc(CN=C(N)Nc2cccc(OC)c2)c1. The molecule has 2 rings (SSSR count). The minimum atomic E-state index is 0.359. The molecule has 0 aliphatic heterocycles. The molecular formula is C18H23N3O2. The van der Waals surface area contributed by atoms with Gasteiger partial charge in [0.25, 0.3) is 0 Å². The Morgan fingerprint density at radius 2 is 1.91 bits per heavy atom. The van der Waals surface area contributed by atoms with E-state index in [1.54, 1.807) is 7.11 Å².